The molecule has 2 aromatic heterocycles. The SMILES string of the molecule is N=C(N)c1ccc2[nH]c(C=Cc3nc4cc(C(=N)N)ccc4[nH]3)nc2c1. The Labute approximate surface area is 148 Å². The molecule has 4 aromatic rings. The number of aromatic amines is 2. The summed E-state index contributed by atoms with van der Waals surface area (Å²) >= 11 is 0. The lowest BCUT2D eigenvalue weighted by Crippen LogP contribution is -2.10. The molecule has 128 valence electrons. The van der Waals surface area contributed by atoms with Crippen LogP contribution in [0.5, 0.6) is 0 Å². The molecule has 0 atom stereocenters. The molecule has 8 nitrogen and oxygen atoms in total. The van der Waals surface area contributed by atoms with Crippen molar-refractivity contribution in [1.29, 1.82) is 10.8 Å². The van der Waals surface area contributed by atoms with E-state index in [1.807, 2.05) is 24.3 Å². The van der Waals surface area contributed by atoms with E-state index in [-0.39, 0.29) is 11.7 Å². The summed E-state index contributed by atoms with van der Waals surface area (Å²) in [6.07, 6.45) is 3.63. The summed E-state index contributed by atoms with van der Waals surface area (Å²) in [5, 5.41) is 15.0. The zero-order chi connectivity index (χ0) is 18.3. The Bertz CT molecular complexity index is 1100. The second kappa shape index (κ2) is 5.85. The van der Waals surface area contributed by atoms with Crippen molar-refractivity contribution in [3.63, 3.8) is 0 Å². The number of nitrogen functional groups attached to an aromatic ring is 2. The van der Waals surface area contributed by atoms with Gasteiger partial charge in [0.15, 0.2) is 0 Å². The van der Waals surface area contributed by atoms with E-state index in [9.17, 15) is 0 Å². The predicted octanol–water partition coefficient (Wildman–Crippen LogP) is 2.18. The number of aromatic nitrogens is 4. The van der Waals surface area contributed by atoms with E-state index in [4.69, 9.17) is 22.3 Å². The second-order valence-corrected chi connectivity index (χ2v) is 5.87. The fourth-order valence-electron chi connectivity index (χ4n) is 2.70. The molecular weight excluding hydrogens is 328 g/mol. The number of nitrogens with one attached hydrogen (secondary N) is 4. The number of hydrogen-bond acceptors (Lipinski definition) is 4. The summed E-state index contributed by atoms with van der Waals surface area (Å²) in [4.78, 5) is 15.4. The molecule has 0 radical (unpaired) electrons. The first-order chi connectivity index (χ1) is 12.5. The largest absolute Gasteiger partial charge is 0.384 e. The van der Waals surface area contributed by atoms with Gasteiger partial charge in [-0.05, 0) is 48.6 Å². The van der Waals surface area contributed by atoms with Crippen LogP contribution in [0.2, 0.25) is 0 Å². The molecule has 0 amide bonds. The minimum Gasteiger partial charge on any atom is -0.384 e. The van der Waals surface area contributed by atoms with Crippen LogP contribution in [0, 0.1) is 10.8 Å². The van der Waals surface area contributed by atoms with Crippen LogP contribution < -0.4 is 11.5 Å². The molecule has 0 aliphatic carbocycles. The number of nitrogens with two attached hydrogens (primary N) is 2. The Kier molecular flexibility index (Phi) is 3.51. The van der Waals surface area contributed by atoms with Gasteiger partial charge in [0.1, 0.15) is 23.3 Å². The topological polar surface area (TPSA) is 157 Å². The molecular formula is C18H16N8. The van der Waals surface area contributed by atoms with Gasteiger partial charge in [0.05, 0.1) is 22.1 Å². The minimum atomic E-state index is 0.0131. The molecule has 0 saturated carbocycles. The van der Waals surface area contributed by atoms with Gasteiger partial charge in [-0.1, -0.05) is 0 Å². The average Bonchev–Trinajstić information content (AvgIpc) is 3.21. The number of hydrogen-bond donors (Lipinski definition) is 6. The van der Waals surface area contributed by atoms with Crippen LogP contribution in [-0.4, -0.2) is 31.6 Å². The van der Waals surface area contributed by atoms with E-state index in [1.54, 1.807) is 24.3 Å². The van der Waals surface area contributed by atoms with Crippen LogP contribution in [0.15, 0.2) is 36.4 Å². The van der Waals surface area contributed by atoms with Crippen LogP contribution in [0.4, 0.5) is 0 Å². The quantitative estimate of drug-likeness (QED) is 0.248. The van der Waals surface area contributed by atoms with E-state index in [0.717, 1.165) is 22.1 Å². The molecule has 2 heterocycles. The number of fused-ring (bicyclic) bond motifs is 2. The van der Waals surface area contributed by atoms with Crippen molar-refractivity contribution in [1.82, 2.24) is 19.9 Å². The van der Waals surface area contributed by atoms with Crippen LogP contribution in [0.25, 0.3) is 34.2 Å². The van der Waals surface area contributed by atoms with Crippen LogP contribution in [0.3, 0.4) is 0 Å². The van der Waals surface area contributed by atoms with Gasteiger partial charge in [-0.3, -0.25) is 10.8 Å². The van der Waals surface area contributed by atoms with Crippen molar-refractivity contribution in [2.75, 3.05) is 0 Å². The van der Waals surface area contributed by atoms with Gasteiger partial charge >= 0.3 is 0 Å². The fourth-order valence-corrected chi connectivity index (χ4v) is 2.70. The molecule has 0 saturated heterocycles. The highest BCUT2D eigenvalue weighted by Gasteiger charge is 2.05. The molecule has 0 aliphatic rings. The lowest BCUT2D eigenvalue weighted by atomic mass is 10.2. The minimum absolute atomic E-state index is 0.0131. The monoisotopic (exact) mass is 344 g/mol. The summed E-state index contributed by atoms with van der Waals surface area (Å²) in [5.74, 6) is 1.37. The zero-order valence-electron chi connectivity index (χ0n) is 13.7. The maximum atomic E-state index is 7.50. The maximum Gasteiger partial charge on any atom is 0.131 e. The van der Waals surface area contributed by atoms with Crippen molar-refractivity contribution in [3.8, 4) is 0 Å². The van der Waals surface area contributed by atoms with Gasteiger partial charge in [0.2, 0.25) is 0 Å². The van der Waals surface area contributed by atoms with Crippen molar-refractivity contribution < 1.29 is 0 Å². The third-order valence-electron chi connectivity index (χ3n) is 4.02. The van der Waals surface area contributed by atoms with E-state index in [1.165, 1.54) is 0 Å². The zero-order valence-corrected chi connectivity index (χ0v) is 13.7. The summed E-state index contributed by atoms with van der Waals surface area (Å²) in [6, 6.07) is 10.8. The molecule has 0 aliphatic heterocycles. The molecule has 0 fully saturated rings. The van der Waals surface area contributed by atoms with Crippen LogP contribution in [0.1, 0.15) is 22.8 Å². The average molecular weight is 344 g/mol. The van der Waals surface area contributed by atoms with Gasteiger partial charge in [-0.2, -0.15) is 0 Å². The van der Waals surface area contributed by atoms with Gasteiger partial charge in [0.25, 0.3) is 0 Å². The van der Waals surface area contributed by atoms with E-state index in [2.05, 4.69) is 19.9 Å². The van der Waals surface area contributed by atoms with Gasteiger partial charge in [-0.15, -0.1) is 0 Å². The number of amidine groups is 2. The lowest BCUT2D eigenvalue weighted by molar-refractivity contribution is 1.27. The molecule has 8 heteroatoms. The van der Waals surface area contributed by atoms with E-state index < -0.39 is 0 Å². The van der Waals surface area contributed by atoms with Crippen molar-refractivity contribution in [2.24, 2.45) is 11.5 Å². The lowest BCUT2D eigenvalue weighted by Gasteiger charge is -1.95. The Balaban J connectivity index is 1.65. The van der Waals surface area contributed by atoms with E-state index >= 15 is 0 Å². The van der Waals surface area contributed by atoms with Crippen LogP contribution in [-0.2, 0) is 0 Å². The Morgan fingerprint density at radius 3 is 1.58 bits per heavy atom. The standard InChI is InChI=1S/C18H16N8/c19-17(20)9-1-3-11-13(7-9)25-15(23-11)5-6-16-24-12-4-2-10(18(21)22)8-14(12)26-16/h1-8H,(H3,19,20)(H3,21,22)(H,23,25)(H,24,26). The highest BCUT2D eigenvalue weighted by atomic mass is 14.9. The second-order valence-electron chi connectivity index (χ2n) is 5.87. The number of rotatable bonds is 4. The highest BCUT2D eigenvalue weighted by molar-refractivity contribution is 5.99. The van der Waals surface area contributed by atoms with Gasteiger partial charge < -0.3 is 21.4 Å². The summed E-state index contributed by atoms with van der Waals surface area (Å²) in [5.41, 5.74) is 15.5. The molecule has 26 heavy (non-hydrogen) atoms. The number of imidazole rings is 2. The van der Waals surface area contributed by atoms with Crippen LogP contribution >= 0.6 is 0 Å². The highest BCUT2D eigenvalue weighted by Crippen LogP contribution is 2.17. The first-order valence-corrected chi connectivity index (χ1v) is 7.86. The van der Waals surface area contributed by atoms with Crippen molar-refractivity contribution >= 4 is 45.9 Å². The molecule has 4 rings (SSSR count). The van der Waals surface area contributed by atoms with Crippen molar-refractivity contribution in [3.05, 3.63) is 59.2 Å². The molecule has 0 spiro atoms. The molecule has 8 N–H and O–H groups in total. The third kappa shape index (κ3) is 2.80. The smallest absolute Gasteiger partial charge is 0.131 e. The number of benzene rings is 2. The van der Waals surface area contributed by atoms with Gasteiger partial charge in [0, 0.05) is 11.1 Å². The summed E-state index contributed by atoms with van der Waals surface area (Å²) in [6.45, 7) is 0. The normalized spacial score (nSPS) is 11.5. The first-order valence-electron chi connectivity index (χ1n) is 7.86. The fraction of sp³-hybridized carbons (Fsp3) is 0. The Hall–Kier alpha value is -3.94. The Morgan fingerprint density at radius 1 is 0.769 bits per heavy atom. The predicted molar refractivity (Wildman–Crippen MR) is 103 cm³/mol. The summed E-state index contributed by atoms with van der Waals surface area (Å²) < 4.78 is 0. The van der Waals surface area contributed by atoms with Crippen molar-refractivity contribution in [2.45, 2.75) is 0 Å². The Morgan fingerprint density at radius 2 is 1.19 bits per heavy atom. The van der Waals surface area contributed by atoms with Gasteiger partial charge in [-0.25, -0.2) is 9.97 Å². The molecule has 2 aromatic carbocycles. The molecule has 0 unspecified atom stereocenters. The summed E-state index contributed by atoms with van der Waals surface area (Å²) in [7, 11) is 0. The third-order valence-corrected chi connectivity index (χ3v) is 4.02. The van der Waals surface area contributed by atoms with E-state index in [0.29, 0.717) is 22.8 Å². The molecule has 0 bridgehead atoms. The number of nitrogens with zero attached hydrogens (tertiary/aromatic N) is 2. The number of H-pyrrole nitrogens is 2. The first kappa shape index (κ1) is 15.6. The maximum absolute atomic E-state index is 7.50.